The van der Waals surface area contributed by atoms with Gasteiger partial charge in [-0.1, -0.05) is 70.7 Å². The molecule has 1 atom stereocenters. The van der Waals surface area contributed by atoms with Gasteiger partial charge in [-0.2, -0.15) is 0 Å². The summed E-state index contributed by atoms with van der Waals surface area (Å²) in [6.07, 6.45) is 7.06. The monoisotopic (exact) mass is 634 g/mol. The molecule has 1 aliphatic rings. The molecule has 216 valence electrons. The number of rotatable bonds is 6. The van der Waals surface area contributed by atoms with Crippen molar-refractivity contribution in [2.24, 2.45) is 0 Å². The van der Waals surface area contributed by atoms with E-state index >= 15 is 0 Å². The molecular formula is C32H30Cl4O5. The molecule has 5 nitrogen and oxygen atoms in total. The summed E-state index contributed by atoms with van der Waals surface area (Å²) in [4.78, 5) is 25.7. The Morgan fingerprint density at radius 1 is 0.829 bits per heavy atom. The zero-order valence-electron chi connectivity index (χ0n) is 22.6. The van der Waals surface area contributed by atoms with Crippen molar-refractivity contribution in [3.63, 3.8) is 0 Å². The number of hydrogen-bond donors (Lipinski definition) is 0. The van der Waals surface area contributed by atoms with Crippen molar-refractivity contribution in [3.8, 4) is 11.5 Å². The molecule has 0 bridgehead atoms. The molecule has 0 saturated heterocycles. The maximum absolute atomic E-state index is 13.5. The Balaban J connectivity index is 1.71. The van der Waals surface area contributed by atoms with E-state index in [4.69, 9.17) is 60.6 Å². The van der Waals surface area contributed by atoms with Gasteiger partial charge in [-0.05, 0) is 68.5 Å². The van der Waals surface area contributed by atoms with E-state index in [9.17, 15) is 9.59 Å². The highest BCUT2D eigenvalue weighted by Gasteiger charge is 2.23. The van der Waals surface area contributed by atoms with E-state index in [0.29, 0.717) is 69.1 Å². The maximum atomic E-state index is 13.5. The number of hydrogen-bond acceptors (Lipinski definition) is 5. The van der Waals surface area contributed by atoms with E-state index in [1.807, 2.05) is 19.1 Å². The number of allylic oxidation sites excluding steroid dienone is 1. The van der Waals surface area contributed by atoms with E-state index in [-0.39, 0.29) is 36.4 Å². The molecule has 1 unspecified atom stereocenters. The number of ketones is 1. The van der Waals surface area contributed by atoms with E-state index in [2.05, 4.69) is 0 Å². The van der Waals surface area contributed by atoms with E-state index in [1.54, 1.807) is 48.5 Å². The molecule has 1 heterocycles. The molecule has 41 heavy (non-hydrogen) atoms. The van der Waals surface area contributed by atoms with E-state index in [0.717, 1.165) is 12.0 Å². The van der Waals surface area contributed by atoms with Crippen molar-refractivity contribution >= 4 is 64.2 Å². The second kappa shape index (κ2) is 15.0. The quantitative estimate of drug-likeness (QED) is 0.252. The second-order valence-electron chi connectivity index (χ2n) is 9.88. The lowest BCUT2D eigenvalue weighted by atomic mass is 10.0. The SMILES string of the molecule is CC1CCCC(=O)CCCC=Cc2cc(OCc3ccc(Cl)cc3Cl)cc(OCc3ccc(Cl)cc3Cl)c2C(=O)O1. The summed E-state index contributed by atoms with van der Waals surface area (Å²) in [5.41, 5.74) is 2.30. The molecule has 0 saturated carbocycles. The van der Waals surface area contributed by atoms with Gasteiger partial charge in [-0.25, -0.2) is 4.79 Å². The van der Waals surface area contributed by atoms with Crippen LogP contribution in [-0.4, -0.2) is 17.9 Å². The lowest BCUT2D eigenvalue weighted by Crippen LogP contribution is -2.18. The highest BCUT2D eigenvalue weighted by atomic mass is 35.5. The zero-order chi connectivity index (χ0) is 29.4. The van der Waals surface area contributed by atoms with Gasteiger partial charge in [-0.3, -0.25) is 4.79 Å². The minimum atomic E-state index is -0.523. The average Bonchev–Trinajstić information content (AvgIpc) is 2.91. The van der Waals surface area contributed by atoms with Crippen LogP contribution in [0, 0.1) is 0 Å². The number of fused-ring (bicyclic) bond motifs is 1. The van der Waals surface area contributed by atoms with Gasteiger partial charge in [0, 0.05) is 50.1 Å². The zero-order valence-corrected chi connectivity index (χ0v) is 25.6. The summed E-state index contributed by atoms with van der Waals surface area (Å²) >= 11 is 24.8. The van der Waals surface area contributed by atoms with Crippen LogP contribution in [0.4, 0.5) is 0 Å². The fourth-order valence-corrected chi connectivity index (χ4v) is 5.32. The van der Waals surface area contributed by atoms with Gasteiger partial charge >= 0.3 is 5.97 Å². The van der Waals surface area contributed by atoms with Gasteiger partial charge in [-0.15, -0.1) is 0 Å². The first-order valence-electron chi connectivity index (χ1n) is 13.4. The Labute approximate surface area is 260 Å². The van der Waals surface area contributed by atoms with Gasteiger partial charge in [0.15, 0.2) is 0 Å². The van der Waals surface area contributed by atoms with Gasteiger partial charge in [0.05, 0.1) is 6.10 Å². The number of cyclic esters (lactones) is 1. The van der Waals surface area contributed by atoms with Crippen LogP contribution < -0.4 is 9.47 Å². The summed E-state index contributed by atoms with van der Waals surface area (Å²) in [6.45, 7) is 2.08. The predicted molar refractivity (Wildman–Crippen MR) is 165 cm³/mol. The highest BCUT2D eigenvalue weighted by Crippen LogP contribution is 2.34. The first-order chi connectivity index (χ1) is 19.7. The minimum absolute atomic E-state index is 0.0869. The molecule has 0 amide bonds. The first-order valence-corrected chi connectivity index (χ1v) is 14.9. The van der Waals surface area contributed by atoms with E-state index < -0.39 is 5.97 Å². The molecule has 1 aliphatic heterocycles. The lowest BCUT2D eigenvalue weighted by Gasteiger charge is -2.19. The van der Waals surface area contributed by atoms with Gasteiger partial charge < -0.3 is 14.2 Å². The smallest absolute Gasteiger partial charge is 0.342 e. The van der Waals surface area contributed by atoms with E-state index in [1.165, 1.54) is 0 Å². The molecule has 0 fully saturated rings. The van der Waals surface area contributed by atoms with Crippen LogP contribution >= 0.6 is 46.4 Å². The van der Waals surface area contributed by atoms with Crippen LogP contribution in [0.2, 0.25) is 20.1 Å². The lowest BCUT2D eigenvalue weighted by molar-refractivity contribution is -0.119. The minimum Gasteiger partial charge on any atom is -0.489 e. The standard InChI is InChI=1S/C32H30Cl4O5/c1-20-6-5-9-26(37)8-4-2-3-7-21-14-27(39-18-22-10-12-24(33)15-28(22)35)17-30(31(21)32(38)41-20)40-19-23-11-13-25(34)16-29(23)36/h3,7,10-17,20H,2,4-6,8-9,18-19H2,1H3. The van der Waals surface area contributed by atoms with Crippen LogP contribution in [-0.2, 0) is 22.7 Å². The van der Waals surface area contributed by atoms with Crippen LogP contribution in [0.3, 0.4) is 0 Å². The molecule has 0 aromatic heterocycles. The molecule has 0 N–H and O–H groups in total. The predicted octanol–water partition coefficient (Wildman–Crippen LogP) is 9.94. The Hall–Kier alpha value is -2.70. The Morgan fingerprint density at radius 3 is 2.12 bits per heavy atom. The van der Waals surface area contributed by atoms with Crippen molar-refractivity contribution in [2.75, 3.05) is 0 Å². The number of carbonyl (C=O) groups excluding carboxylic acids is 2. The molecule has 9 heteroatoms. The number of Topliss-reactive ketones (excluding diaryl/α,β-unsaturated/α-hetero) is 1. The third-order valence-corrected chi connectivity index (χ3v) is 7.79. The van der Waals surface area contributed by atoms with Crippen LogP contribution in [0.25, 0.3) is 6.08 Å². The molecule has 0 radical (unpaired) electrons. The summed E-state index contributed by atoms with van der Waals surface area (Å²) in [5, 5.41) is 1.97. The summed E-state index contributed by atoms with van der Waals surface area (Å²) < 4.78 is 18.1. The van der Waals surface area contributed by atoms with Gasteiger partial charge in [0.2, 0.25) is 0 Å². The molecule has 3 aromatic rings. The second-order valence-corrected chi connectivity index (χ2v) is 11.6. The average molecular weight is 636 g/mol. The number of esters is 1. The van der Waals surface area contributed by atoms with Crippen LogP contribution in [0.5, 0.6) is 11.5 Å². The fourth-order valence-electron chi connectivity index (χ4n) is 4.39. The topological polar surface area (TPSA) is 61.8 Å². The van der Waals surface area contributed by atoms with Crippen LogP contribution in [0.1, 0.15) is 72.5 Å². The molecule has 4 rings (SSSR count). The first kappa shape index (κ1) is 31.2. The van der Waals surface area contributed by atoms with Crippen molar-refractivity contribution < 1.29 is 23.8 Å². The van der Waals surface area contributed by atoms with Crippen LogP contribution in [0.15, 0.2) is 54.6 Å². The van der Waals surface area contributed by atoms with Gasteiger partial charge in [0.25, 0.3) is 0 Å². The molecule has 0 spiro atoms. The van der Waals surface area contributed by atoms with Crippen molar-refractivity contribution in [3.05, 3.63) is 97.0 Å². The summed E-state index contributed by atoms with van der Waals surface area (Å²) in [6, 6.07) is 13.7. The maximum Gasteiger partial charge on any atom is 0.342 e. The summed E-state index contributed by atoms with van der Waals surface area (Å²) in [5.74, 6) is 0.455. The Morgan fingerprint density at radius 2 is 1.46 bits per heavy atom. The number of benzene rings is 3. The van der Waals surface area contributed by atoms with Crippen molar-refractivity contribution in [1.29, 1.82) is 0 Å². The number of carbonyl (C=O) groups is 2. The van der Waals surface area contributed by atoms with Gasteiger partial charge in [0.1, 0.15) is 36.1 Å². The third-order valence-electron chi connectivity index (χ3n) is 6.62. The largest absolute Gasteiger partial charge is 0.489 e. The molecular weight excluding hydrogens is 606 g/mol. The van der Waals surface area contributed by atoms with Crippen molar-refractivity contribution in [2.45, 2.75) is 64.8 Å². The highest BCUT2D eigenvalue weighted by molar-refractivity contribution is 6.35. The normalized spacial score (nSPS) is 16.5. The number of ether oxygens (including phenoxy) is 3. The van der Waals surface area contributed by atoms with Crippen molar-refractivity contribution in [1.82, 2.24) is 0 Å². The molecule has 3 aromatic carbocycles. The third kappa shape index (κ3) is 9.14. The number of halogens is 4. The Kier molecular flexibility index (Phi) is 11.4. The summed E-state index contributed by atoms with van der Waals surface area (Å²) in [7, 11) is 0. The molecule has 0 aliphatic carbocycles. The fraction of sp³-hybridized carbons (Fsp3) is 0.312. The Bertz CT molecular complexity index is 1440.